The van der Waals surface area contributed by atoms with Gasteiger partial charge < -0.3 is 0 Å². The SMILES string of the molecule is CC(=O)SCC=Cc1cncc(C(C)=O)c1. The maximum absolute atomic E-state index is 11.1. The topological polar surface area (TPSA) is 47.0 Å². The number of ketones is 1. The van der Waals surface area contributed by atoms with Crippen molar-refractivity contribution in [1.29, 1.82) is 0 Å². The maximum Gasteiger partial charge on any atom is 0.186 e. The molecule has 0 radical (unpaired) electrons. The Hall–Kier alpha value is -1.42. The Labute approximate surface area is 99.0 Å². The first kappa shape index (κ1) is 12.6. The lowest BCUT2D eigenvalue weighted by atomic mass is 10.1. The van der Waals surface area contributed by atoms with Crippen LogP contribution in [-0.4, -0.2) is 21.6 Å². The van der Waals surface area contributed by atoms with Crippen molar-refractivity contribution in [2.75, 3.05) is 5.75 Å². The van der Waals surface area contributed by atoms with Gasteiger partial charge in [0.1, 0.15) is 0 Å². The molecule has 4 heteroatoms. The lowest BCUT2D eigenvalue weighted by Crippen LogP contribution is -1.93. The monoisotopic (exact) mass is 235 g/mol. The van der Waals surface area contributed by atoms with Crippen LogP contribution >= 0.6 is 11.8 Å². The minimum atomic E-state index is 0.000797. The lowest BCUT2D eigenvalue weighted by molar-refractivity contribution is -0.109. The highest BCUT2D eigenvalue weighted by atomic mass is 32.2. The highest BCUT2D eigenvalue weighted by molar-refractivity contribution is 8.13. The van der Waals surface area contributed by atoms with Gasteiger partial charge in [-0.1, -0.05) is 23.9 Å². The number of pyridine rings is 1. The van der Waals surface area contributed by atoms with Gasteiger partial charge in [-0.05, 0) is 18.6 Å². The molecular formula is C12H13NO2S. The predicted octanol–water partition coefficient (Wildman–Crippen LogP) is 2.58. The van der Waals surface area contributed by atoms with Gasteiger partial charge in [0.05, 0.1) is 0 Å². The van der Waals surface area contributed by atoms with E-state index in [-0.39, 0.29) is 10.9 Å². The van der Waals surface area contributed by atoms with Gasteiger partial charge in [0, 0.05) is 30.6 Å². The van der Waals surface area contributed by atoms with Gasteiger partial charge in [-0.3, -0.25) is 14.6 Å². The van der Waals surface area contributed by atoms with E-state index in [0.29, 0.717) is 11.3 Å². The predicted molar refractivity (Wildman–Crippen MR) is 66.4 cm³/mol. The summed E-state index contributed by atoms with van der Waals surface area (Å²) < 4.78 is 0. The van der Waals surface area contributed by atoms with Crippen LogP contribution in [0.15, 0.2) is 24.5 Å². The Morgan fingerprint density at radius 3 is 2.75 bits per heavy atom. The van der Waals surface area contributed by atoms with Gasteiger partial charge in [0.15, 0.2) is 10.9 Å². The number of hydrogen-bond donors (Lipinski definition) is 0. The molecule has 0 unspecified atom stereocenters. The molecule has 0 aromatic carbocycles. The number of thioether (sulfide) groups is 1. The zero-order valence-corrected chi connectivity index (χ0v) is 10.1. The largest absolute Gasteiger partial charge is 0.294 e. The van der Waals surface area contributed by atoms with Gasteiger partial charge in [-0.15, -0.1) is 0 Å². The molecule has 1 aromatic rings. The van der Waals surface area contributed by atoms with Crippen molar-refractivity contribution in [1.82, 2.24) is 4.98 Å². The first-order chi connectivity index (χ1) is 7.59. The molecule has 3 nitrogen and oxygen atoms in total. The van der Waals surface area contributed by atoms with Crippen LogP contribution in [0.2, 0.25) is 0 Å². The zero-order chi connectivity index (χ0) is 12.0. The molecule has 1 heterocycles. The van der Waals surface area contributed by atoms with Crippen LogP contribution in [0.3, 0.4) is 0 Å². The second-order valence-electron chi connectivity index (χ2n) is 3.27. The van der Waals surface area contributed by atoms with Crippen LogP contribution in [0.25, 0.3) is 6.08 Å². The highest BCUT2D eigenvalue weighted by Gasteiger charge is 1.99. The highest BCUT2D eigenvalue weighted by Crippen LogP contribution is 2.07. The number of Topliss-reactive ketones (excluding diaryl/α,β-unsaturated/α-hetero) is 1. The van der Waals surface area contributed by atoms with Crippen molar-refractivity contribution in [3.05, 3.63) is 35.7 Å². The third kappa shape index (κ3) is 4.40. The molecule has 0 aliphatic carbocycles. The van der Waals surface area contributed by atoms with Gasteiger partial charge in [0.2, 0.25) is 0 Å². The van der Waals surface area contributed by atoms with Crippen molar-refractivity contribution in [3.63, 3.8) is 0 Å². The van der Waals surface area contributed by atoms with E-state index in [1.165, 1.54) is 25.6 Å². The summed E-state index contributed by atoms with van der Waals surface area (Å²) in [5, 5.41) is 0.0975. The molecule has 16 heavy (non-hydrogen) atoms. The molecule has 0 spiro atoms. The van der Waals surface area contributed by atoms with E-state index in [0.717, 1.165) is 5.56 Å². The molecule has 0 amide bonds. The standard InChI is InChI=1S/C12H13NO2S/c1-9(14)12-6-11(7-13-8-12)4-3-5-16-10(2)15/h3-4,6-8H,5H2,1-2H3. The van der Waals surface area contributed by atoms with Gasteiger partial charge in [-0.25, -0.2) is 0 Å². The number of nitrogens with zero attached hydrogens (tertiary/aromatic N) is 1. The first-order valence-electron chi connectivity index (χ1n) is 4.85. The zero-order valence-electron chi connectivity index (χ0n) is 9.27. The van der Waals surface area contributed by atoms with E-state index in [9.17, 15) is 9.59 Å². The molecule has 0 saturated heterocycles. The Bertz CT molecular complexity index is 427. The number of carbonyl (C=O) groups excluding carboxylic acids is 2. The van der Waals surface area contributed by atoms with Crippen LogP contribution in [0.4, 0.5) is 0 Å². The van der Waals surface area contributed by atoms with E-state index in [2.05, 4.69) is 4.98 Å². The van der Waals surface area contributed by atoms with Gasteiger partial charge >= 0.3 is 0 Å². The Balaban J connectivity index is 2.63. The number of hydrogen-bond acceptors (Lipinski definition) is 4. The van der Waals surface area contributed by atoms with E-state index < -0.39 is 0 Å². The Morgan fingerprint density at radius 1 is 1.38 bits per heavy atom. The maximum atomic E-state index is 11.1. The average molecular weight is 235 g/mol. The van der Waals surface area contributed by atoms with Crippen LogP contribution in [-0.2, 0) is 4.79 Å². The summed E-state index contributed by atoms with van der Waals surface area (Å²) in [4.78, 5) is 25.7. The molecule has 0 aliphatic heterocycles. The van der Waals surface area contributed by atoms with Crippen molar-refractivity contribution >= 4 is 28.7 Å². The van der Waals surface area contributed by atoms with Crippen molar-refractivity contribution in [2.45, 2.75) is 13.8 Å². The van der Waals surface area contributed by atoms with Crippen molar-refractivity contribution in [2.24, 2.45) is 0 Å². The molecule has 0 N–H and O–H groups in total. The molecule has 1 aromatic heterocycles. The van der Waals surface area contributed by atoms with E-state index in [1.54, 1.807) is 18.5 Å². The quantitative estimate of drug-likeness (QED) is 0.752. The fourth-order valence-electron chi connectivity index (χ4n) is 1.09. The van der Waals surface area contributed by atoms with Crippen LogP contribution in [0.5, 0.6) is 0 Å². The Morgan fingerprint density at radius 2 is 2.12 bits per heavy atom. The van der Waals surface area contributed by atoms with E-state index in [4.69, 9.17) is 0 Å². The average Bonchev–Trinajstić information content (AvgIpc) is 2.24. The molecule has 0 atom stereocenters. The summed E-state index contributed by atoms with van der Waals surface area (Å²) in [5.74, 6) is 0.639. The van der Waals surface area contributed by atoms with E-state index in [1.807, 2.05) is 12.2 Å². The van der Waals surface area contributed by atoms with E-state index >= 15 is 0 Å². The Kier molecular flexibility index (Phi) is 4.92. The molecule has 0 aliphatic rings. The first-order valence-corrected chi connectivity index (χ1v) is 5.84. The summed E-state index contributed by atoms with van der Waals surface area (Å²) in [6.07, 6.45) is 6.97. The van der Waals surface area contributed by atoms with Gasteiger partial charge in [0.25, 0.3) is 0 Å². The molecule has 0 saturated carbocycles. The molecule has 1 rings (SSSR count). The third-order valence-electron chi connectivity index (χ3n) is 1.86. The molecule has 0 fully saturated rings. The number of aromatic nitrogens is 1. The summed E-state index contributed by atoms with van der Waals surface area (Å²) in [7, 11) is 0. The smallest absolute Gasteiger partial charge is 0.186 e. The minimum Gasteiger partial charge on any atom is -0.294 e. The number of carbonyl (C=O) groups is 2. The van der Waals surface area contributed by atoms with Gasteiger partial charge in [-0.2, -0.15) is 0 Å². The van der Waals surface area contributed by atoms with Crippen molar-refractivity contribution in [3.8, 4) is 0 Å². The molecule has 0 bridgehead atoms. The fourth-order valence-corrected chi connectivity index (χ4v) is 1.52. The third-order valence-corrected chi connectivity index (χ3v) is 2.62. The second-order valence-corrected chi connectivity index (χ2v) is 4.47. The number of rotatable bonds is 4. The molecular weight excluding hydrogens is 222 g/mol. The lowest BCUT2D eigenvalue weighted by Gasteiger charge is -1.96. The summed E-state index contributed by atoms with van der Waals surface area (Å²) >= 11 is 1.25. The summed E-state index contributed by atoms with van der Waals surface area (Å²) in [5.41, 5.74) is 1.47. The second kappa shape index (κ2) is 6.23. The van der Waals surface area contributed by atoms with Crippen LogP contribution in [0, 0.1) is 0 Å². The van der Waals surface area contributed by atoms with Crippen LogP contribution < -0.4 is 0 Å². The normalized spacial score (nSPS) is 10.6. The van der Waals surface area contributed by atoms with Crippen molar-refractivity contribution < 1.29 is 9.59 Å². The summed E-state index contributed by atoms with van der Waals surface area (Å²) in [6.45, 7) is 3.05. The molecule has 84 valence electrons. The fraction of sp³-hybridized carbons (Fsp3) is 0.250. The minimum absolute atomic E-state index is 0.000797. The summed E-state index contributed by atoms with van der Waals surface area (Å²) in [6, 6.07) is 1.78. The van der Waals surface area contributed by atoms with Crippen LogP contribution in [0.1, 0.15) is 29.8 Å².